The standard InChI is InChI=1S/C24H27N3O2S/c1-29-22-8-6-18(7-9-22)16-19-10-13-26(14-11-19)23(28)20-4-3-5-21(17-20)27-15-12-25-24(27)30-2/h3-9,12,15,17,19H,10-11,13-14,16H2,1-2H3. The number of likely N-dealkylation sites (tertiary alicyclic amines) is 1. The number of imidazole rings is 1. The first-order chi connectivity index (χ1) is 14.7. The van der Waals surface area contributed by atoms with Crippen molar-refractivity contribution >= 4 is 17.7 Å². The van der Waals surface area contributed by atoms with Gasteiger partial charge in [0.1, 0.15) is 5.75 Å². The SMILES string of the molecule is COc1ccc(CC2CCN(C(=O)c3cccc(-n4ccnc4SC)c3)CC2)cc1. The van der Waals surface area contributed by atoms with Crippen molar-refractivity contribution in [2.24, 2.45) is 5.92 Å². The summed E-state index contributed by atoms with van der Waals surface area (Å²) in [5.41, 5.74) is 3.04. The topological polar surface area (TPSA) is 47.4 Å². The Balaban J connectivity index is 1.38. The van der Waals surface area contributed by atoms with Gasteiger partial charge in [0.25, 0.3) is 5.91 Å². The van der Waals surface area contributed by atoms with Crippen LogP contribution < -0.4 is 4.74 Å². The Labute approximate surface area is 182 Å². The van der Waals surface area contributed by atoms with Gasteiger partial charge >= 0.3 is 0 Å². The van der Waals surface area contributed by atoms with Gasteiger partial charge in [0.15, 0.2) is 5.16 Å². The van der Waals surface area contributed by atoms with Crippen LogP contribution in [0.15, 0.2) is 66.1 Å². The van der Waals surface area contributed by atoms with Crippen molar-refractivity contribution in [3.63, 3.8) is 0 Å². The van der Waals surface area contributed by atoms with Crippen LogP contribution in [-0.2, 0) is 6.42 Å². The Morgan fingerprint density at radius 1 is 1.17 bits per heavy atom. The van der Waals surface area contributed by atoms with E-state index in [1.165, 1.54) is 5.56 Å². The molecule has 0 aliphatic carbocycles. The van der Waals surface area contributed by atoms with Gasteiger partial charge in [0.05, 0.1) is 7.11 Å². The van der Waals surface area contributed by atoms with Gasteiger partial charge < -0.3 is 9.64 Å². The minimum absolute atomic E-state index is 0.116. The Morgan fingerprint density at radius 3 is 2.63 bits per heavy atom. The Morgan fingerprint density at radius 2 is 1.93 bits per heavy atom. The maximum Gasteiger partial charge on any atom is 0.253 e. The lowest BCUT2D eigenvalue weighted by Crippen LogP contribution is -2.38. The highest BCUT2D eigenvalue weighted by molar-refractivity contribution is 7.98. The van der Waals surface area contributed by atoms with E-state index in [-0.39, 0.29) is 5.91 Å². The van der Waals surface area contributed by atoms with Crippen molar-refractivity contribution < 1.29 is 9.53 Å². The van der Waals surface area contributed by atoms with Crippen molar-refractivity contribution in [3.8, 4) is 11.4 Å². The van der Waals surface area contributed by atoms with Crippen molar-refractivity contribution in [1.82, 2.24) is 14.5 Å². The van der Waals surface area contributed by atoms with E-state index in [0.29, 0.717) is 5.92 Å². The molecule has 1 amide bonds. The molecule has 6 heteroatoms. The first kappa shape index (κ1) is 20.5. The number of hydrogen-bond donors (Lipinski definition) is 0. The first-order valence-electron chi connectivity index (χ1n) is 10.3. The number of carbonyl (C=O) groups is 1. The summed E-state index contributed by atoms with van der Waals surface area (Å²) in [7, 11) is 1.69. The zero-order valence-electron chi connectivity index (χ0n) is 17.5. The highest BCUT2D eigenvalue weighted by atomic mass is 32.2. The molecule has 0 unspecified atom stereocenters. The molecule has 0 radical (unpaired) electrons. The zero-order chi connectivity index (χ0) is 20.9. The molecule has 1 aliphatic rings. The second-order valence-corrected chi connectivity index (χ2v) is 8.40. The second-order valence-electron chi connectivity index (χ2n) is 7.62. The van der Waals surface area contributed by atoms with Crippen molar-refractivity contribution in [3.05, 3.63) is 72.1 Å². The molecule has 2 aromatic carbocycles. The fourth-order valence-electron chi connectivity index (χ4n) is 4.04. The predicted octanol–water partition coefficient (Wildman–Crippen LogP) is 4.70. The number of carbonyl (C=O) groups excluding carboxylic acids is 1. The summed E-state index contributed by atoms with van der Waals surface area (Å²) in [5.74, 6) is 1.62. The van der Waals surface area contributed by atoms with E-state index in [4.69, 9.17) is 4.74 Å². The van der Waals surface area contributed by atoms with E-state index < -0.39 is 0 Å². The maximum absolute atomic E-state index is 13.1. The van der Waals surface area contributed by atoms with Crippen LogP contribution in [0.25, 0.3) is 5.69 Å². The van der Waals surface area contributed by atoms with E-state index in [2.05, 4.69) is 17.1 Å². The number of thioether (sulfide) groups is 1. The third kappa shape index (κ3) is 4.54. The summed E-state index contributed by atoms with van der Waals surface area (Å²) in [6.07, 6.45) is 8.85. The maximum atomic E-state index is 13.1. The fraction of sp³-hybridized carbons (Fsp3) is 0.333. The summed E-state index contributed by atoms with van der Waals surface area (Å²) in [6.45, 7) is 1.62. The van der Waals surface area contributed by atoms with Crippen LogP contribution in [0.3, 0.4) is 0 Å². The molecule has 0 saturated carbocycles. The number of aromatic nitrogens is 2. The van der Waals surface area contributed by atoms with E-state index in [9.17, 15) is 4.79 Å². The lowest BCUT2D eigenvalue weighted by molar-refractivity contribution is 0.0690. The van der Waals surface area contributed by atoms with Gasteiger partial charge in [-0.2, -0.15) is 0 Å². The number of ether oxygens (including phenoxy) is 1. The number of rotatable bonds is 6. The van der Waals surface area contributed by atoms with Crippen LogP contribution >= 0.6 is 11.8 Å². The van der Waals surface area contributed by atoms with Crippen LogP contribution in [0, 0.1) is 5.92 Å². The van der Waals surface area contributed by atoms with Crippen molar-refractivity contribution in [2.75, 3.05) is 26.5 Å². The van der Waals surface area contributed by atoms with Gasteiger partial charge in [-0.1, -0.05) is 30.0 Å². The molecule has 0 N–H and O–H groups in total. The molecule has 1 saturated heterocycles. The fourth-order valence-corrected chi connectivity index (χ4v) is 4.57. The number of nitrogens with zero attached hydrogens (tertiary/aromatic N) is 3. The summed E-state index contributed by atoms with van der Waals surface area (Å²) in [6, 6.07) is 16.1. The van der Waals surface area contributed by atoms with E-state index in [0.717, 1.165) is 54.5 Å². The van der Waals surface area contributed by atoms with Gasteiger partial charge in [-0.3, -0.25) is 9.36 Å². The molecule has 1 fully saturated rings. The Hall–Kier alpha value is -2.73. The molecule has 4 rings (SSSR count). The molecule has 1 aromatic heterocycles. The van der Waals surface area contributed by atoms with Crippen molar-refractivity contribution in [1.29, 1.82) is 0 Å². The van der Waals surface area contributed by atoms with Crippen LogP contribution in [0.5, 0.6) is 5.75 Å². The summed E-state index contributed by atoms with van der Waals surface area (Å²) in [5, 5.41) is 0.916. The van der Waals surface area contributed by atoms with Crippen LogP contribution in [0.2, 0.25) is 0 Å². The number of methoxy groups -OCH3 is 1. The number of hydrogen-bond acceptors (Lipinski definition) is 4. The third-order valence-electron chi connectivity index (χ3n) is 5.75. The van der Waals surface area contributed by atoms with E-state index in [1.807, 2.05) is 58.3 Å². The molecule has 0 atom stereocenters. The van der Waals surface area contributed by atoms with Crippen LogP contribution in [0.4, 0.5) is 0 Å². The Kier molecular flexibility index (Phi) is 6.43. The van der Waals surface area contributed by atoms with Gasteiger partial charge in [0.2, 0.25) is 0 Å². The largest absolute Gasteiger partial charge is 0.497 e. The molecule has 30 heavy (non-hydrogen) atoms. The molecular formula is C24H27N3O2S. The third-order valence-corrected chi connectivity index (χ3v) is 6.41. The summed E-state index contributed by atoms with van der Waals surface area (Å²) in [4.78, 5) is 19.4. The molecule has 0 bridgehead atoms. The average Bonchev–Trinajstić information content (AvgIpc) is 3.29. The Bertz CT molecular complexity index is 992. The number of benzene rings is 2. The molecule has 2 heterocycles. The molecule has 0 spiro atoms. The predicted molar refractivity (Wildman–Crippen MR) is 121 cm³/mol. The van der Waals surface area contributed by atoms with E-state index >= 15 is 0 Å². The van der Waals surface area contributed by atoms with Crippen LogP contribution in [0.1, 0.15) is 28.8 Å². The van der Waals surface area contributed by atoms with Gasteiger partial charge in [-0.15, -0.1) is 0 Å². The number of piperidine rings is 1. The van der Waals surface area contributed by atoms with E-state index in [1.54, 1.807) is 25.1 Å². The lowest BCUT2D eigenvalue weighted by Gasteiger charge is -2.32. The monoisotopic (exact) mass is 421 g/mol. The average molecular weight is 422 g/mol. The second kappa shape index (κ2) is 9.39. The molecular weight excluding hydrogens is 394 g/mol. The smallest absolute Gasteiger partial charge is 0.253 e. The lowest BCUT2D eigenvalue weighted by atomic mass is 9.90. The molecule has 5 nitrogen and oxygen atoms in total. The van der Waals surface area contributed by atoms with Gasteiger partial charge in [-0.25, -0.2) is 4.98 Å². The summed E-state index contributed by atoms with van der Waals surface area (Å²) >= 11 is 1.59. The minimum atomic E-state index is 0.116. The quantitative estimate of drug-likeness (QED) is 0.542. The minimum Gasteiger partial charge on any atom is -0.497 e. The number of amides is 1. The van der Waals surface area contributed by atoms with Gasteiger partial charge in [-0.05, 0) is 67.3 Å². The summed E-state index contributed by atoms with van der Waals surface area (Å²) < 4.78 is 7.25. The van der Waals surface area contributed by atoms with Gasteiger partial charge in [0, 0.05) is 36.7 Å². The molecule has 1 aliphatic heterocycles. The molecule has 156 valence electrons. The highest BCUT2D eigenvalue weighted by Gasteiger charge is 2.24. The van der Waals surface area contributed by atoms with Crippen LogP contribution in [-0.4, -0.2) is 46.8 Å². The van der Waals surface area contributed by atoms with Crippen molar-refractivity contribution in [2.45, 2.75) is 24.4 Å². The zero-order valence-corrected chi connectivity index (χ0v) is 18.3. The molecule has 3 aromatic rings. The first-order valence-corrected chi connectivity index (χ1v) is 11.5. The normalized spacial score (nSPS) is 14.7. The highest BCUT2D eigenvalue weighted by Crippen LogP contribution is 2.25.